The van der Waals surface area contributed by atoms with Gasteiger partial charge in [-0.3, -0.25) is 0 Å². The Kier molecular flexibility index (Phi) is 5.88. The van der Waals surface area contributed by atoms with E-state index in [2.05, 4.69) is 17.9 Å². The molecule has 0 aliphatic carbocycles. The smallest absolute Gasteiger partial charge is 0.102 e. The van der Waals surface area contributed by atoms with Crippen molar-refractivity contribution in [1.29, 1.82) is 0 Å². The van der Waals surface area contributed by atoms with E-state index in [1.54, 1.807) is 14.2 Å². The molecule has 21 heavy (non-hydrogen) atoms. The lowest BCUT2D eigenvalue weighted by Gasteiger charge is -2.23. The van der Waals surface area contributed by atoms with Crippen molar-refractivity contribution < 1.29 is 9.47 Å². The number of halogens is 1. The number of ether oxygens (including phenoxy) is 2. The van der Waals surface area contributed by atoms with Crippen molar-refractivity contribution in [2.45, 2.75) is 38.0 Å². The lowest BCUT2D eigenvalue weighted by atomic mass is 10.0. The Morgan fingerprint density at radius 1 is 1.29 bits per heavy atom. The highest BCUT2D eigenvalue weighted by Crippen LogP contribution is 2.30. The summed E-state index contributed by atoms with van der Waals surface area (Å²) < 4.78 is 11.0. The van der Waals surface area contributed by atoms with Crippen LogP contribution in [0.1, 0.15) is 18.9 Å². The van der Waals surface area contributed by atoms with Crippen LogP contribution in [-0.4, -0.2) is 45.6 Å². The van der Waals surface area contributed by atoms with Gasteiger partial charge in [-0.15, -0.1) is 0 Å². The first kappa shape index (κ1) is 16.6. The molecule has 1 aliphatic rings. The number of methoxy groups -OCH3 is 2. The highest BCUT2D eigenvalue weighted by molar-refractivity contribution is 6.30. The summed E-state index contributed by atoms with van der Waals surface area (Å²) in [5.74, 6) is 0. The SMILES string of the molecule is CCC(N)Cc1ccc(Cl)cc1N1CC(OC)C(OC)C1. The molecule has 0 saturated carbocycles. The van der Waals surface area contributed by atoms with Crippen LogP contribution in [0.5, 0.6) is 0 Å². The van der Waals surface area contributed by atoms with Gasteiger partial charge in [0.2, 0.25) is 0 Å². The molecule has 2 rings (SSSR count). The molecular formula is C16H25ClN2O2. The van der Waals surface area contributed by atoms with Crippen LogP contribution < -0.4 is 10.6 Å². The van der Waals surface area contributed by atoms with Crippen LogP contribution in [-0.2, 0) is 15.9 Å². The fourth-order valence-corrected chi connectivity index (χ4v) is 2.99. The van der Waals surface area contributed by atoms with Gasteiger partial charge in [0.05, 0.1) is 0 Å². The third-order valence-corrected chi connectivity index (χ3v) is 4.45. The van der Waals surface area contributed by atoms with E-state index in [1.807, 2.05) is 12.1 Å². The average Bonchev–Trinajstić information content (AvgIpc) is 2.92. The van der Waals surface area contributed by atoms with Gasteiger partial charge in [-0.25, -0.2) is 0 Å². The van der Waals surface area contributed by atoms with Crippen LogP contribution in [0, 0.1) is 0 Å². The quantitative estimate of drug-likeness (QED) is 0.876. The van der Waals surface area contributed by atoms with Gasteiger partial charge < -0.3 is 20.1 Å². The van der Waals surface area contributed by atoms with Crippen LogP contribution in [0.4, 0.5) is 5.69 Å². The highest BCUT2D eigenvalue weighted by Gasteiger charge is 2.34. The van der Waals surface area contributed by atoms with Crippen molar-refractivity contribution in [3.8, 4) is 0 Å². The summed E-state index contributed by atoms with van der Waals surface area (Å²) >= 11 is 6.19. The minimum atomic E-state index is 0.0849. The van der Waals surface area contributed by atoms with Crippen molar-refractivity contribution in [3.05, 3.63) is 28.8 Å². The molecule has 0 radical (unpaired) electrons. The molecule has 4 nitrogen and oxygen atoms in total. The van der Waals surface area contributed by atoms with E-state index >= 15 is 0 Å². The van der Waals surface area contributed by atoms with E-state index in [0.717, 1.165) is 36.6 Å². The van der Waals surface area contributed by atoms with E-state index in [9.17, 15) is 0 Å². The topological polar surface area (TPSA) is 47.7 Å². The molecule has 0 bridgehead atoms. The molecule has 1 fully saturated rings. The van der Waals surface area contributed by atoms with Crippen molar-refractivity contribution in [3.63, 3.8) is 0 Å². The van der Waals surface area contributed by atoms with Crippen molar-refractivity contribution in [2.24, 2.45) is 5.73 Å². The van der Waals surface area contributed by atoms with Crippen LogP contribution in [0.15, 0.2) is 18.2 Å². The Morgan fingerprint density at radius 3 is 2.43 bits per heavy atom. The summed E-state index contributed by atoms with van der Waals surface area (Å²) in [4.78, 5) is 2.28. The second-order valence-corrected chi connectivity index (χ2v) is 6.04. The Balaban J connectivity index is 2.24. The summed E-state index contributed by atoms with van der Waals surface area (Å²) in [5, 5.41) is 0.744. The van der Waals surface area contributed by atoms with E-state index in [0.29, 0.717) is 0 Å². The van der Waals surface area contributed by atoms with Crippen LogP contribution in [0.25, 0.3) is 0 Å². The molecule has 1 heterocycles. The summed E-state index contributed by atoms with van der Waals surface area (Å²) in [5.41, 5.74) is 8.50. The molecule has 1 aromatic rings. The number of rotatable bonds is 6. The number of hydrogen-bond donors (Lipinski definition) is 1. The molecule has 5 heteroatoms. The van der Waals surface area contributed by atoms with Gasteiger partial charge in [0, 0.05) is 44.1 Å². The average molecular weight is 313 g/mol. The van der Waals surface area contributed by atoms with Gasteiger partial charge in [-0.05, 0) is 30.5 Å². The Morgan fingerprint density at radius 2 is 1.90 bits per heavy atom. The number of hydrogen-bond acceptors (Lipinski definition) is 4. The van der Waals surface area contributed by atoms with Crippen LogP contribution >= 0.6 is 11.6 Å². The molecule has 3 atom stereocenters. The Bertz CT molecular complexity index is 458. The van der Waals surface area contributed by atoms with Gasteiger partial charge in [0.1, 0.15) is 12.2 Å². The normalized spacial score (nSPS) is 23.6. The largest absolute Gasteiger partial charge is 0.377 e. The molecule has 3 unspecified atom stereocenters. The fraction of sp³-hybridized carbons (Fsp3) is 0.625. The molecule has 1 saturated heterocycles. The van der Waals surface area contributed by atoms with Gasteiger partial charge in [-0.2, -0.15) is 0 Å². The van der Waals surface area contributed by atoms with Gasteiger partial charge in [-0.1, -0.05) is 24.6 Å². The minimum absolute atomic E-state index is 0.0849. The number of benzene rings is 1. The maximum Gasteiger partial charge on any atom is 0.102 e. The first-order chi connectivity index (χ1) is 10.1. The van der Waals surface area contributed by atoms with Gasteiger partial charge in [0.25, 0.3) is 0 Å². The zero-order chi connectivity index (χ0) is 15.4. The zero-order valence-corrected chi connectivity index (χ0v) is 13.8. The van der Waals surface area contributed by atoms with E-state index in [1.165, 1.54) is 5.56 Å². The summed E-state index contributed by atoms with van der Waals surface area (Å²) in [7, 11) is 3.46. The predicted octanol–water partition coefficient (Wildman–Crippen LogP) is 2.47. The number of nitrogens with two attached hydrogens (primary N) is 1. The van der Waals surface area contributed by atoms with Gasteiger partial charge >= 0.3 is 0 Å². The molecule has 0 amide bonds. The molecule has 2 N–H and O–H groups in total. The first-order valence-corrected chi connectivity index (χ1v) is 7.81. The number of anilines is 1. The number of nitrogens with zero attached hydrogens (tertiary/aromatic N) is 1. The molecule has 1 aromatic carbocycles. The van der Waals surface area contributed by atoms with Crippen molar-refractivity contribution in [1.82, 2.24) is 0 Å². The minimum Gasteiger partial charge on any atom is -0.377 e. The first-order valence-electron chi connectivity index (χ1n) is 7.43. The second kappa shape index (κ2) is 7.45. The monoisotopic (exact) mass is 312 g/mol. The third kappa shape index (κ3) is 3.89. The standard InChI is InChI=1S/C16H25ClN2O2/c1-4-13(18)7-11-5-6-12(17)8-14(11)19-9-15(20-2)16(10-19)21-3/h5-6,8,13,15-16H,4,7,9-10,18H2,1-3H3. The van der Waals surface area contributed by atoms with E-state index < -0.39 is 0 Å². The van der Waals surface area contributed by atoms with Crippen LogP contribution in [0.3, 0.4) is 0 Å². The molecule has 118 valence electrons. The lowest BCUT2D eigenvalue weighted by molar-refractivity contribution is -0.00461. The van der Waals surface area contributed by atoms with Crippen molar-refractivity contribution >= 4 is 17.3 Å². The molecular weight excluding hydrogens is 288 g/mol. The molecule has 1 aliphatic heterocycles. The maximum atomic E-state index is 6.19. The second-order valence-electron chi connectivity index (χ2n) is 5.60. The lowest BCUT2D eigenvalue weighted by Crippen LogP contribution is -2.27. The fourth-order valence-electron chi connectivity index (χ4n) is 2.82. The summed E-state index contributed by atoms with van der Waals surface area (Å²) in [6.45, 7) is 3.73. The summed E-state index contributed by atoms with van der Waals surface area (Å²) in [6.07, 6.45) is 1.99. The third-order valence-electron chi connectivity index (χ3n) is 4.22. The van der Waals surface area contributed by atoms with E-state index in [4.69, 9.17) is 26.8 Å². The molecule has 0 aromatic heterocycles. The predicted molar refractivity (Wildman–Crippen MR) is 87.2 cm³/mol. The Labute approximate surface area is 132 Å². The summed E-state index contributed by atoms with van der Waals surface area (Å²) in [6, 6.07) is 6.20. The highest BCUT2D eigenvalue weighted by atomic mass is 35.5. The zero-order valence-electron chi connectivity index (χ0n) is 13.0. The van der Waals surface area contributed by atoms with Crippen LogP contribution in [0.2, 0.25) is 5.02 Å². The van der Waals surface area contributed by atoms with Gasteiger partial charge in [0.15, 0.2) is 0 Å². The maximum absolute atomic E-state index is 6.19. The molecule has 0 spiro atoms. The van der Waals surface area contributed by atoms with Crippen molar-refractivity contribution in [2.75, 3.05) is 32.2 Å². The van der Waals surface area contributed by atoms with E-state index in [-0.39, 0.29) is 18.2 Å². The Hall–Kier alpha value is -0.810.